The zero-order valence-electron chi connectivity index (χ0n) is 15.3. The molecule has 0 aliphatic carbocycles. The second-order valence-electron chi connectivity index (χ2n) is 7.91. The van der Waals surface area contributed by atoms with Crippen molar-refractivity contribution in [3.05, 3.63) is 70.0 Å². The minimum Gasteiger partial charge on any atom is -0.207 e. The molecule has 0 saturated carbocycles. The molecule has 0 nitrogen and oxygen atoms in total. The van der Waals surface area contributed by atoms with Gasteiger partial charge >= 0.3 is 0 Å². The highest BCUT2D eigenvalue weighted by molar-refractivity contribution is 6.31. The topological polar surface area (TPSA) is 0 Å². The Bertz CT molecular complexity index is 625. The normalized spacial score (nSPS) is 11.7. The van der Waals surface area contributed by atoms with E-state index in [9.17, 15) is 4.39 Å². The summed E-state index contributed by atoms with van der Waals surface area (Å²) in [5.41, 5.74) is 3.47. The van der Waals surface area contributed by atoms with Gasteiger partial charge in [-0.25, -0.2) is 4.39 Å². The van der Waals surface area contributed by atoms with E-state index >= 15 is 0 Å². The first kappa shape index (κ1) is 19.7. The van der Waals surface area contributed by atoms with E-state index in [0.29, 0.717) is 10.6 Å². The van der Waals surface area contributed by atoms with E-state index in [2.05, 4.69) is 52.0 Å². The summed E-state index contributed by atoms with van der Waals surface area (Å²) in [6.07, 6.45) is 0. The van der Waals surface area contributed by atoms with Crippen molar-refractivity contribution in [1.29, 1.82) is 0 Å². The summed E-state index contributed by atoms with van der Waals surface area (Å²) in [5.74, 6) is -0.227. The molecule has 2 rings (SSSR count). The summed E-state index contributed by atoms with van der Waals surface area (Å²) >= 11 is 5.87. The molecule has 2 aromatic rings. The molecule has 2 heteroatoms. The molecular formula is C21H28ClF. The highest BCUT2D eigenvalue weighted by Gasteiger charge is 2.21. The van der Waals surface area contributed by atoms with Gasteiger partial charge in [0.1, 0.15) is 5.82 Å². The van der Waals surface area contributed by atoms with Crippen LogP contribution in [0.1, 0.15) is 58.2 Å². The molecule has 0 fully saturated rings. The molecule has 0 radical (unpaired) electrons. The average Bonchev–Trinajstić information content (AvgIpc) is 2.36. The van der Waals surface area contributed by atoms with Crippen LogP contribution in [0.4, 0.5) is 4.39 Å². The number of hydrogen-bond donors (Lipinski definition) is 0. The van der Waals surface area contributed by atoms with Crippen LogP contribution in [-0.4, -0.2) is 0 Å². The van der Waals surface area contributed by atoms with E-state index in [4.69, 9.17) is 11.6 Å². The van der Waals surface area contributed by atoms with Crippen molar-refractivity contribution in [2.75, 3.05) is 0 Å². The largest absolute Gasteiger partial charge is 0.207 e. The smallest absolute Gasteiger partial charge is 0.128 e. The molecule has 0 amide bonds. The lowest BCUT2D eigenvalue weighted by molar-refractivity contribution is 0.523. The van der Waals surface area contributed by atoms with Crippen molar-refractivity contribution in [1.82, 2.24) is 0 Å². The van der Waals surface area contributed by atoms with Crippen LogP contribution in [0.25, 0.3) is 0 Å². The van der Waals surface area contributed by atoms with E-state index in [-0.39, 0.29) is 16.6 Å². The zero-order valence-corrected chi connectivity index (χ0v) is 16.1. The third kappa shape index (κ3) is 5.66. The highest BCUT2D eigenvalue weighted by atomic mass is 35.5. The molecule has 0 heterocycles. The summed E-state index contributed by atoms with van der Waals surface area (Å²) in [6, 6.07) is 13.3. The molecule has 0 unspecified atom stereocenters. The molecule has 126 valence electrons. The third-order valence-electron chi connectivity index (χ3n) is 3.67. The Balaban J connectivity index is 0.000000231. The van der Waals surface area contributed by atoms with Gasteiger partial charge in [-0.15, -0.1) is 0 Å². The number of halogens is 2. The summed E-state index contributed by atoms with van der Waals surface area (Å²) < 4.78 is 13.3. The number of aryl methyl sites for hydroxylation is 1. The Kier molecular flexibility index (Phi) is 6.41. The Hall–Kier alpha value is -1.34. The first-order chi connectivity index (χ1) is 10.4. The van der Waals surface area contributed by atoms with Gasteiger partial charge in [0.05, 0.1) is 0 Å². The standard InChI is InChI=1S/C11H16.C10H12ClF/c1-9-7-5-6-8-10(9)11(2,3)4;1-10(2,3)9-7(11)5-4-6-8(9)12/h5-8H,1-4H3;4-6H,1-3H3. The van der Waals surface area contributed by atoms with Gasteiger partial charge in [-0.05, 0) is 41.0 Å². The fourth-order valence-electron chi connectivity index (χ4n) is 2.63. The van der Waals surface area contributed by atoms with Gasteiger partial charge in [0.2, 0.25) is 0 Å². The second kappa shape index (κ2) is 7.49. The molecule has 0 atom stereocenters. The Morgan fingerprint density at radius 2 is 1.35 bits per heavy atom. The van der Waals surface area contributed by atoms with Crippen molar-refractivity contribution in [2.24, 2.45) is 0 Å². The Morgan fingerprint density at radius 1 is 0.783 bits per heavy atom. The maximum Gasteiger partial charge on any atom is 0.128 e. The zero-order chi connectivity index (χ0) is 17.8. The lowest BCUT2D eigenvalue weighted by atomic mass is 9.84. The predicted molar refractivity (Wildman–Crippen MR) is 100.0 cm³/mol. The minimum atomic E-state index is -0.234. The van der Waals surface area contributed by atoms with Gasteiger partial charge in [-0.3, -0.25) is 0 Å². The Labute approximate surface area is 145 Å². The molecule has 0 aliphatic rings. The van der Waals surface area contributed by atoms with Gasteiger partial charge in [0, 0.05) is 10.6 Å². The van der Waals surface area contributed by atoms with E-state index in [1.165, 1.54) is 17.2 Å². The van der Waals surface area contributed by atoms with Crippen LogP contribution in [0.2, 0.25) is 5.02 Å². The van der Waals surface area contributed by atoms with Crippen molar-refractivity contribution in [2.45, 2.75) is 59.3 Å². The van der Waals surface area contributed by atoms with Gasteiger partial charge in [-0.2, -0.15) is 0 Å². The maximum absolute atomic E-state index is 13.3. The minimum absolute atomic E-state index is 0.227. The fourth-order valence-corrected chi connectivity index (χ4v) is 3.08. The van der Waals surface area contributed by atoms with Crippen molar-refractivity contribution < 1.29 is 4.39 Å². The van der Waals surface area contributed by atoms with E-state index < -0.39 is 0 Å². The third-order valence-corrected chi connectivity index (χ3v) is 3.98. The van der Waals surface area contributed by atoms with E-state index in [1.807, 2.05) is 20.8 Å². The summed E-state index contributed by atoms with van der Waals surface area (Å²) in [6.45, 7) is 14.7. The van der Waals surface area contributed by atoms with Crippen LogP contribution in [0, 0.1) is 12.7 Å². The molecule has 0 saturated heterocycles. The van der Waals surface area contributed by atoms with Crippen LogP contribution in [-0.2, 0) is 10.8 Å². The molecular weight excluding hydrogens is 307 g/mol. The Morgan fingerprint density at radius 3 is 1.70 bits per heavy atom. The number of hydrogen-bond acceptors (Lipinski definition) is 0. The molecule has 0 N–H and O–H groups in total. The molecule has 0 spiro atoms. The summed E-state index contributed by atoms with van der Waals surface area (Å²) in [7, 11) is 0. The van der Waals surface area contributed by atoms with Gasteiger partial charge < -0.3 is 0 Å². The molecule has 23 heavy (non-hydrogen) atoms. The molecule has 0 aromatic heterocycles. The average molecular weight is 335 g/mol. The monoisotopic (exact) mass is 334 g/mol. The second-order valence-corrected chi connectivity index (χ2v) is 8.32. The quantitative estimate of drug-likeness (QED) is 0.483. The van der Waals surface area contributed by atoms with Crippen LogP contribution in [0.5, 0.6) is 0 Å². The molecule has 2 aromatic carbocycles. The SMILES string of the molecule is CC(C)(C)c1c(F)cccc1Cl.Cc1ccccc1C(C)(C)C. The van der Waals surface area contributed by atoms with Crippen molar-refractivity contribution in [3.8, 4) is 0 Å². The van der Waals surface area contributed by atoms with Crippen LogP contribution in [0.15, 0.2) is 42.5 Å². The summed E-state index contributed by atoms with van der Waals surface area (Å²) in [5, 5.41) is 0.502. The molecule has 0 aliphatic heterocycles. The lowest BCUT2D eigenvalue weighted by Crippen LogP contribution is -2.14. The molecule has 0 bridgehead atoms. The van der Waals surface area contributed by atoms with E-state index in [1.54, 1.807) is 12.1 Å². The number of rotatable bonds is 0. The van der Waals surface area contributed by atoms with Crippen LogP contribution < -0.4 is 0 Å². The first-order valence-electron chi connectivity index (χ1n) is 7.95. The maximum atomic E-state index is 13.3. The van der Waals surface area contributed by atoms with Gasteiger partial charge in [0.15, 0.2) is 0 Å². The lowest BCUT2D eigenvalue weighted by Gasteiger charge is -2.21. The van der Waals surface area contributed by atoms with Crippen LogP contribution >= 0.6 is 11.6 Å². The van der Waals surface area contributed by atoms with E-state index in [0.717, 1.165) is 0 Å². The van der Waals surface area contributed by atoms with Gasteiger partial charge in [-0.1, -0.05) is 83.5 Å². The van der Waals surface area contributed by atoms with Crippen molar-refractivity contribution >= 4 is 11.6 Å². The van der Waals surface area contributed by atoms with Crippen molar-refractivity contribution in [3.63, 3.8) is 0 Å². The first-order valence-corrected chi connectivity index (χ1v) is 8.33. The predicted octanol–water partition coefficient (Wildman–Crippen LogP) is 7.07. The fraction of sp³-hybridized carbons (Fsp3) is 0.429. The number of benzene rings is 2. The highest BCUT2D eigenvalue weighted by Crippen LogP contribution is 2.31. The van der Waals surface area contributed by atoms with Crippen LogP contribution in [0.3, 0.4) is 0 Å². The summed E-state index contributed by atoms with van der Waals surface area (Å²) in [4.78, 5) is 0. The van der Waals surface area contributed by atoms with Gasteiger partial charge in [0.25, 0.3) is 0 Å².